The first-order chi connectivity index (χ1) is 5.36. The number of aryl methyl sites for hydroxylation is 1. The quantitative estimate of drug-likeness (QED) is 0.689. The predicted molar refractivity (Wildman–Crippen MR) is 44.0 cm³/mol. The molecule has 0 saturated carbocycles. The van der Waals surface area contributed by atoms with Gasteiger partial charge in [-0.1, -0.05) is 0 Å². The zero-order valence-corrected chi connectivity index (χ0v) is 7.63. The molecule has 0 aliphatic carbocycles. The molecule has 0 atom stereocenters. The van der Waals surface area contributed by atoms with Crippen molar-refractivity contribution in [3.05, 3.63) is 10.6 Å². The summed E-state index contributed by atoms with van der Waals surface area (Å²) >= 11 is 3.25. The number of rotatable bonds is 0. The molecule has 5 heteroatoms. The highest BCUT2D eigenvalue weighted by molar-refractivity contribution is 9.10. The lowest BCUT2D eigenvalue weighted by atomic mass is 10.4. The number of aromatic nitrogens is 3. The molecular formula is C6H9BrN4. The fourth-order valence-corrected chi connectivity index (χ4v) is 1.60. The van der Waals surface area contributed by atoms with Gasteiger partial charge in [0.15, 0.2) is 0 Å². The first kappa shape index (κ1) is 7.24. The number of fused-ring (bicyclic) bond motifs is 1. The molecule has 0 fully saturated rings. The Bertz CT molecular complexity index is 234. The first-order valence-electron chi connectivity index (χ1n) is 3.66. The SMILES string of the molecule is Brc1nc2n(n1)CCCNC2. The summed E-state index contributed by atoms with van der Waals surface area (Å²) in [4.78, 5) is 4.22. The smallest absolute Gasteiger partial charge is 0.217 e. The van der Waals surface area contributed by atoms with Crippen LogP contribution >= 0.6 is 15.9 Å². The van der Waals surface area contributed by atoms with E-state index in [4.69, 9.17) is 0 Å². The molecule has 0 amide bonds. The second-order valence-corrected chi connectivity index (χ2v) is 3.26. The lowest BCUT2D eigenvalue weighted by Gasteiger charge is -1.96. The average Bonchev–Trinajstić information content (AvgIpc) is 2.17. The Morgan fingerprint density at radius 2 is 2.45 bits per heavy atom. The first-order valence-corrected chi connectivity index (χ1v) is 4.45. The summed E-state index contributed by atoms with van der Waals surface area (Å²) in [5, 5.41) is 7.47. The van der Waals surface area contributed by atoms with Crippen molar-refractivity contribution in [1.29, 1.82) is 0 Å². The van der Waals surface area contributed by atoms with Crippen LogP contribution in [0.2, 0.25) is 0 Å². The number of nitrogens with zero attached hydrogens (tertiary/aromatic N) is 3. The zero-order chi connectivity index (χ0) is 7.68. The molecule has 2 rings (SSSR count). The largest absolute Gasteiger partial charge is 0.310 e. The van der Waals surface area contributed by atoms with Crippen LogP contribution in [0.3, 0.4) is 0 Å². The molecule has 0 saturated heterocycles. The Morgan fingerprint density at radius 1 is 1.55 bits per heavy atom. The number of halogens is 1. The molecule has 0 spiro atoms. The fraction of sp³-hybridized carbons (Fsp3) is 0.667. The van der Waals surface area contributed by atoms with E-state index in [1.54, 1.807) is 0 Å². The van der Waals surface area contributed by atoms with E-state index in [2.05, 4.69) is 31.3 Å². The second-order valence-electron chi connectivity index (χ2n) is 2.55. The van der Waals surface area contributed by atoms with Gasteiger partial charge in [0, 0.05) is 6.54 Å². The molecule has 2 heterocycles. The summed E-state index contributed by atoms with van der Waals surface area (Å²) < 4.78 is 2.64. The minimum atomic E-state index is 0.691. The van der Waals surface area contributed by atoms with Crippen molar-refractivity contribution in [2.45, 2.75) is 19.5 Å². The van der Waals surface area contributed by atoms with E-state index >= 15 is 0 Å². The molecular weight excluding hydrogens is 208 g/mol. The lowest BCUT2D eigenvalue weighted by molar-refractivity contribution is 0.584. The van der Waals surface area contributed by atoms with E-state index in [-0.39, 0.29) is 0 Å². The van der Waals surface area contributed by atoms with Crippen LogP contribution in [-0.4, -0.2) is 21.3 Å². The van der Waals surface area contributed by atoms with E-state index in [1.165, 1.54) is 0 Å². The molecule has 1 aliphatic rings. The van der Waals surface area contributed by atoms with Crippen LogP contribution in [-0.2, 0) is 13.1 Å². The molecule has 1 aromatic heterocycles. The second kappa shape index (κ2) is 2.91. The summed E-state index contributed by atoms with van der Waals surface area (Å²) in [6.45, 7) is 2.86. The van der Waals surface area contributed by atoms with Gasteiger partial charge in [0.25, 0.3) is 0 Å². The van der Waals surface area contributed by atoms with Gasteiger partial charge >= 0.3 is 0 Å². The summed E-state index contributed by atoms with van der Waals surface area (Å²) in [5.74, 6) is 1.02. The van der Waals surface area contributed by atoms with Gasteiger partial charge in [-0.25, -0.2) is 9.67 Å². The maximum absolute atomic E-state index is 4.22. The Hall–Kier alpha value is -0.420. The van der Waals surface area contributed by atoms with Gasteiger partial charge in [-0.3, -0.25) is 0 Å². The molecule has 0 unspecified atom stereocenters. The summed E-state index contributed by atoms with van der Waals surface area (Å²) in [5.41, 5.74) is 0. The summed E-state index contributed by atoms with van der Waals surface area (Å²) in [6, 6.07) is 0. The molecule has 4 nitrogen and oxygen atoms in total. The number of hydrogen-bond acceptors (Lipinski definition) is 3. The Morgan fingerprint density at radius 3 is 3.36 bits per heavy atom. The van der Waals surface area contributed by atoms with Crippen molar-refractivity contribution in [2.75, 3.05) is 6.54 Å². The van der Waals surface area contributed by atoms with E-state index in [1.807, 2.05) is 4.68 Å². The van der Waals surface area contributed by atoms with Crippen molar-refractivity contribution in [3.8, 4) is 0 Å². The average molecular weight is 217 g/mol. The highest BCUT2D eigenvalue weighted by Crippen LogP contribution is 2.07. The van der Waals surface area contributed by atoms with E-state index in [0.717, 1.165) is 31.9 Å². The van der Waals surface area contributed by atoms with Crippen molar-refractivity contribution in [3.63, 3.8) is 0 Å². The molecule has 1 N–H and O–H groups in total. The predicted octanol–water partition coefficient (Wildman–Crippen LogP) is 0.534. The normalized spacial score (nSPS) is 17.5. The monoisotopic (exact) mass is 216 g/mol. The third kappa shape index (κ3) is 1.44. The van der Waals surface area contributed by atoms with E-state index in [0.29, 0.717) is 4.73 Å². The molecule has 1 aromatic rings. The van der Waals surface area contributed by atoms with E-state index < -0.39 is 0 Å². The van der Waals surface area contributed by atoms with Gasteiger partial charge < -0.3 is 5.32 Å². The molecule has 60 valence electrons. The van der Waals surface area contributed by atoms with Gasteiger partial charge in [0.2, 0.25) is 4.73 Å². The highest BCUT2D eigenvalue weighted by Gasteiger charge is 2.09. The third-order valence-corrected chi connectivity index (χ3v) is 2.06. The zero-order valence-electron chi connectivity index (χ0n) is 6.05. The maximum Gasteiger partial charge on any atom is 0.217 e. The van der Waals surface area contributed by atoms with Gasteiger partial charge in [0.05, 0.1) is 6.54 Å². The van der Waals surface area contributed by atoms with Crippen LogP contribution in [0.4, 0.5) is 0 Å². The molecule has 1 aliphatic heterocycles. The van der Waals surface area contributed by atoms with Crippen molar-refractivity contribution in [2.24, 2.45) is 0 Å². The van der Waals surface area contributed by atoms with Crippen LogP contribution in [0.1, 0.15) is 12.2 Å². The van der Waals surface area contributed by atoms with Crippen LogP contribution < -0.4 is 5.32 Å². The van der Waals surface area contributed by atoms with Crippen molar-refractivity contribution < 1.29 is 0 Å². The highest BCUT2D eigenvalue weighted by atomic mass is 79.9. The molecule has 0 bridgehead atoms. The Labute approximate surface area is 73.1 Å². The Balaban J connectivity index is 2.32. The van der Waals surface area contributed by atoms with Crippen LogP contribution in [0.15, 0.2) is 4.73 Å². The third-order valence-electron chi connectivity index (χ3n) is 1.73. The van der Waals surface area contributed by atoms with Gasteiger partial charge in [-0.05, 0) is 28.9 Å². The number of hydrogen-bond donors (Lipinski definition) is 1. The topological polar surface area (TPSA) is 42.7 Å². The van der Waals surface area contributed by atoms with Crippen LogP contribution in [0, 0.1) is 0 Å². The summed E-state index contributed by atoms with van der Waals surface area (Å²) in [7, 11) is 0. The van der Waals surface area contributed by atoms with Gasteiger partial charge in [-0.15, -0.1) is 5.10 Å². The number of nitrogens with one attached hydrogen (secondary N) is 1. The van der Waals surface area contributed by atoms with Crippen molar-refractivity contribution in [1.82, 2.24) is 20.1 Å². The Kier molecular flexibility index (Phi) is 1.91. The van der Waals surface area contributed by atoms with Crippen LogP contribution in [0.25, 0.3) is 0 Å². The molecule has 11 heavy (non-hydrogen) atoms. The van der Waals surface area contributed by atoms with E-state index in [9.17, 15) is 0 Å². The van der Waals surface area contributed by atoms with Gasteiger partial charge in [-0.2, -0.15) is 0 Å². The minimum absolute atomic E-state index is 0.691. The molecule has 0 radical (unpaired) electrons. The minimum Gasteiger partial charge on any atom is -0.310 e. The van der Waals surface area contributed by atoms with Gasteiger partial charge in [0.1, 0.15) is 5.82 Å². The summed E-state index contributed by atoms with van der Waals surface area (Å²) in [6.07, 6.45) is 1.13. The standard InChI is InChI=1S/C6H9BrN4/c7-6-9-5-4-8-2-1-3-11(5)10-6/h8H,1-4H2. The lowest BCUT2D eigenvalue weighted by Crippen LogP contribution is -2.12. The van der Waals surface area contributed by atoms with Crippen LogP contribution in [0.5, 0.6) is 0 Å². The van der Waals surface area contributed by atoms with Crippen molar-refractivity contribution >= 4 is 15.9 Å². The molecule has 0 aromatic carbocycles. The maximum atomic E-state index is 4.22. The fourth-order valence-electron chi connectivity index (χ4n) is 1.21.